The van der Waals surface area contributed by atoms with Gasteiger partial charge in [-0.15, -0.1) is 0 Å². The SMILES string of the molecule is CCCCCCCCCCC[C@@H](O)CC(=O)N[C@@H](CO)CCCN. The number of nitrogens with one attached hydrogen (secondary N) is 1. The molecule has 0 aliphatic carbocycles. The fourth-order valence-electron chi connectivity index (χ4n) is 2.87. The van der Waals surface area contributed by atoms with Crippen LogP contribution in [0.2, 0.25) is 0 Å². The topological polar surface area (TPSA) is 95.6 Å². The minimum Gasteiger partial charge on any atom is -0.394 e. The number of hydrogen-bond acceptors (Lipinski definition) is 4. The maximum absolute atomic E-state index is 11.8. The van der Waals surface area contributed by atoms with Crippen molar-refractivity contribution in [3.8, 4) is 0 Å². The molecule has 0 saturated heterocycles. The quantitative estimate of drug-likeness (QED) is 0.305. The third-order valence-corrected chi connectivity index (χ3v) is 4.40. The Labute approximate surface area is 148 Å². The number of rotatable bonds is 17. The van der Waals surface area contributed by atoms with Crippen LogP contribution < -0.4 is 11.1 Å². The first-order valence-corrected chi connectivity index (χ1v) is 9.92. The second-order valence-corrected chi connectivity index (χ2v) is 6.85. The molecular formula is C19H40N2O3. The lowest BCUT2D eigenvalue weighted by atomic mass is 10.0. The smallest absolute Gasteiger partial charge is 0.222 e. The van der Waals surface area contributed by atoms with E-state index >= 15 is 0 Å². The number of nitrogens with two attached hydrogens (primary N) is 1. The summed E-state index contributed by atoms with van der Waals surface area (Å²) in [6, 6.07) is -0.249. The number of hydrogen-bond donors (Lipinski definition) is 4. The summed E-state index contributed by atoms with van der Waals surface area (Å²) < 4.78 is 0. The van der Waals surface area contributed by atoms with Crippen LogP contribution in [0.3, 0.4) is 0 Å². The van der Waals surface area contributed by atoms with Gasteiger partial charge in [0.2, 0.25) is 5.91 Å². The van der Waals surface area contributed by atoms with Crippen LogP contribution in [-0.4, -0.2) is 41.4 Å². The van der Waals surface area contributed by atoms with E-state index in [0.717, 1.165) is 19.3 Å². The zero-order chi connectivity index (χ0) is 18.0. The van der Waals surface area contributed by atoms with E-state index in [9.17, 15) is 15.0 Å². The molecule has 5 N–H and O–H groups in total. The van der Waals surface area contributed by atoms with Gasteiger partial charge in [-0.05, 0) is 25.8 Å². The lowest BCUT2D eigenvalue weighted by molar-refractivity contribution is -0.124. The van der Waals surface area contributed by atoms with E-state index < -0.39 is 6.10 Å². The van der Waals surface area contributed by atoms with E-state index in [-0.39, 0.29) is 25.0 Å². The Bertz CT molecular complexity index is 288. The van der Waals surface area contributed by atoms with E-state index in [2.05, 4.69) is 12.2 Å². The van der Waals surface area contributed by atoms with Crippen LogP contribution in [0.25, 0.3) is 0 Å². The van der Waals surface area contributed by atoms with Crippen molar-refractivity contribution in [3.05, 3.63) is 0 Å². The second-order valence-electron chi connectivity index (χ2n) is 6.85. The van der Waals surface area contributed by atoms with Crippen LogP contribution in [-0.2, 0) is 4.79 Å². The van der Waals surface area contributed by atoms with E-state index in [1.165, 1.54) is 44.9 Å². The minimum atomic E-state index is -0.580. The minimum absolute atomic E-state index is 0.0832. The van der Waals surface area contributed by atoms with Crippen molar-refractivity contribution in [3.63, 3.8) is 0 Å². The fourth-order valence-corrected chi connectivity index (χ4v) is 2.87. The molecule has 0 unspecified atom stereocenters. The first-order valence-electron chi connectivity index (χ1n) is 9.92. The van der Waals surface area contributed by atoms with Gasteiger partial charge in [0.15, 0.2) is 0 Å². The molecule has 0 spiro atoms. The zero-order valence-electron chi connectivity index (χ0n) is 15.6. The summed E-state index contributed by atoms with van der Waals surface area (Å²) in [4.78, 5) is 11.8. The van der Waals surface area contributed by atoms with Crippen LogP contribution in [0.1, 0.15) is 90.4 Å². The van der Waals surface area contributed by atoms with Gasteiger partial charge in [-0.25, -0.2) is 0 Å². The van der Waals surface area contributed by atoms with Crippen LogP contribution in [0.15, 0.2) is 0 Å². The lowest BCUT2D eigenvalue weighted by Gasteiger charge is -2.17. The summed E-state index contributed by atoms with van der Waals surface area (Å²) in [5.41, 5.74) is 5.43. The molecule has 0 aromatic rings. The van der Waals surface area contributed by atoms with E-state index in [4.69, 9.17) is 5.73 Å². The summed E-state index contributed by atoms with van der Waals surface area (Å²) in [6.07, 6.45) is 12.9. The number of aliphatic hydroxyl groups is 2. The summed E-state index contributed by atoms with van der Waals surface area (Å²) in [5.74, 6) is -0.186. The van der Waals surface area contributed by atoms with Crippen molar-refractivity contribution in [1.29, 1.82) is 0 Å². The van der Waals surface area contributed by atoms with Gasteiger partial charge in [-0.2, -0.15) is 0 Å². The van der Waals surface area contributed by atoms with Gasteiger partial charge < -0.3 is 21.3 Å². The van der Waals surface area contributed by atoms with Gasteiger partial charge >= 0.3 is 0 Å². The second kappa shape index (κ2) is 17.2. The molecule has 0 aromatic carbocycles. The predicted molar refractivity (Wildman–Crippen MR) is 99.8 cm³/mol. The Morgan fingerprint density at radius 1 is 0.958 bits per heavy atom. The van der Waals surface area contributed by atoms with E-state index in [1.807, 2.05) is 0 Å². The maximum atomic E-state index is 11.8. The summed E-state index contributed by atoms with van der Waals surface area (Å²) in [5, 5.41) is 21.9. The highest BCUT2D eigenvalue weighted by atomic mass is 16.3. The molecular weight excluding hydrogens is 304 g/mol. The van der Waals surface area contributed by atoms with Crippen LogP contribution in [0.5, 0.6) is 0 Å². The molecule has 0 bridgehead atoms. The molecule has 5 heteroatoms. The summed E-state index contributed by atoms with van der Waals surface area (Å²) in [7, 11) is 0. The van der Waals surface area contributed by atoms with Gasteiger partial charge in [-0.1, -0.05) is 64.7 Å². The van der Waals surface area contributed by atoms with Crippen LogP contribution in [0.4, 0.5) is 0 Å². The van der Waals surface area contributed by atoms with Crippen molar-refractivity contribution < 1.29 is 15.0 Å². The molecule has 0 aliphatic heterocycles. The Morgan fingerprint density at radius 2 is 1.54 bits per heavy atom. The maximum Gasteiger partial charge on any atom is 0.222 e. The Kier molecular flexibility index (Phi) is 16.7. The molecule has 0 rings (SSSR count). The third-order valence-electron chi connectivity index (χ3n) is 4.40. The van der Waals surface area contributed by atoms with Gasteiger partial charge in [-0.3, -0.25) is 4.79 Å². The number of carbonyl (C=O) groups is 1. The molecule has 0 saturated carbocycles. The number of amides is 1. The number of aliphatic hydroxyl groups excluding tert-OH is 2. The number of unbranched alkanes of at least 4 members (excludes halogenated alkanes) is 8. The Hall–Kier alpha value is -0.650. The highest BCUT2D eigenvalue weighted by Crippen LogP contribution is 2.12. The van der Waals surface area contributed by atoms with Crippen molar-refractivity contribution in [1.82, 2.24) is 5.32 Å². The summed E-state index contributed by atoms with van der Waals surface area (Å²) in [6.45, 7) is 2.70. The largest absolute Gasteiger partial charge is 0.394 e. The van der Waals surface area contributed by atoms with Crippen molar-refractivity contribution in [2.24, 2.45) is 5.73 Å². The van der Waals surface area contributed by atoms with E-state index in [1.54, 1.807) is 0 Å². The molecule has 2 atom stereocenters. The first-order chi connectivity index (χ1) is 11.6. The molecule has 0 radical (unpaired) electrons. The predicted octanol–water partition coefficient (Wildman–Crippen LogP) is 2.87. The highest BCUT2D eigenvalue weighted by Gasteiger charge is 2.14. The van der Waals surface area contributed by atoms with Crippen LogP contribution >= 0.6 is 0 Å². The molecule has 0 aliphatic rings. The fraction of sp³-hybridized carbons (Fsp3) is 0.947. The Balaban J connectivity index is 3.56. The average Bonchev–Trinajstić information content (AvgIpc) is 2.57. The molecule has 24 heavy (non-hydrogen) atoms. The highest BCUT2D eigenvalue weighted by molar-refractivity contribution is 5.76. The van der Waals surface area contributed by atoms with E-state index in [0.29, 0.717) is 19.4 Å². The summed E-state index contributed by atoms with van der Waals surface area (Å²) >= 11 is 0. The third kappa shape index (κ3) is 14.9. The molecule has 0 aromatic heterocycles. The van der Waals surface area contributed by atoms with Crippen molar-refractivity contribution >= 4 is 5.91 Å². The molecule has 0 heterocycles. The molecule has 144 valence electrons. The molecule has 5 nitrogen and oxygen atoms in total. The standard InChI is InChI=1S/C19H40N2O3/c1-2-3-4-5-6-7-8-9-10-13-18(23)15-19(24)21-17(16-22)12-11-14-20/h17-18,22-23H,2-16,20H2,1H3,(H,21,24)/t17-,18-/m1/s1. The van der Waals surface area contributed by atoms with Crippen LogP contribution in [0, 0.1) is 0 Å². The zero-order valence-corrected chi connectivity index (χ0v) is 15.6. The first kappa shape index (κ1) is 23.4. The lowest BCUT2D eigenvalue weighted by Crippen LogP contribution is -2.39. The average molecular weight is 345 g/mol. The molecule has 0 fully saturated rings. The number of carbonyl (C=O) groups excluding carboxylic acids is 1. The monoisotopic (exact) mass is 344 g/mol. The van der Waals surface area contributed by atoms with Crippen molar-refractivity contribution in [2.45, 2.75) is 103 Å². The van der Waals surface area contributed by atoms with Gasteiger partial charge in [0, 0.05) is 0 Å². The van der Waals surface area contributed by atoms with Gasteiger partial charge in [0.1, 0.15) is 0 Å². The van der Waals surface area contributed by atoms with Crippen molar-refractivity contribution in [2.75, 3.05) is 13.2 Å². The van der Waals surface area contributed by atoms with Gasteiger partial charge in [0.25, 0.3) is 0 Å². The normalized spacial score (nSPS) is 13.7. The Morgan fingerprint density at radius 3 is 2.08 bits per heavy atom. The molecule has 1 amide bonds. The van der Waals surface area contributed by atoms with Gasteiger partial charge in [0.05, 0.1) is 25.2 Å².